The van der Waals surface area contributed by atoms with Crippen LogP contribution in [0.5, 0.6) is 0 Å². The fraction of sp³-hybridized carbons (Fsp3) is 0.312. The van der Waals surface area contributed by atoms with Crippen molar-refractivity contribution in [3.8, 4) is 11.1 Å². The Morgan fingerprint density at radius 2 is 1.21 bits per heavy atom. The van der Waals surface area contributed by atoms with E-state index in [1.165, 1.54) is 75.8 Å². The third-order valence-electron chi connectivity index (χ3n) is 10.1. The SMILES string of the molecule is c1ccc2c(c1)-c1cc3c(cc1C21C2CC4CC(C2)CC1C4)[nH]c1cc2ccccc2cc13. The molecule has 0 amide bonds. The lowest BCUT2D eigenvalue weighted by Crippen LogP contribution is -2.55. The summed E-state index contributed by atoms with van der Waals surface area (Å²) in [5.74, 6) is 3.61. The number of aromatic nitrogens is 1. The lowest BCUT2D eigenvalue weighted by molar-refractivity contribution is -0.0399. The van der Waals surface area contributed by atoms with E-state index in [-0.39, 0.29) is 5.41 Å². The fourth-order valence-corrected chi connectivity index (χ4v) is 9.23. The van der Waals surface area contributed by atoms with Crippen LogP contribution in [0.25, 0.3) is 43.7 Å². The second kappa shape index (κ2) is 5.70. The van der Waals surface area contributed by atoms with E-state index in [2.05, 4.69) is 77.8 Å². The number of nitrogens with one attached hydrogen (secondary N) is 1. The predicted octanol–water partition coefficient (Wildman–Crippen LogP) is 8.20. The van der Waals surface area contributed by atoms with Gasteiger partial charge in [0.05, 0.1) is 0 Å². The topological polar surface area (TPSA) is 15.8 Å². The summed E-state index contributed by atoms with van der Waals surface area (Å²) >= 11 is 0. The van der Waals surface area contributed by atoms with Crippen LogP contribution < -0.4 is 0 Å². The minimum Gasteiger partial charge on any atom is -0.354 e. The first-order valence-electron chi connectivity index (χ1n) is 12.9. The maximum Gasteiger partial charge on any atom is 0.0471 e. The summed E-state index contributed by atoms with van der Waals surface area (Å²) in [4.78, 5) is 3.83. The summed E-state index contributed by atoms with van der Waals surface area (Å²) in [5, 5.41) is 5.37. The zero-order chi connectivity index (χ0) is 21.3. The quantitative estimate of drug-likeness (QED) is 0.257. The highest BCUT2D eigenvalue weighted by Gasteiger charge is 2.61. The standard InChI is InChI=1S/C32H27N/c1-2-6-21-15-30-26(14-20(21)5-1)27-16-25-24-7-3-4-8-28(24)32(29(25)17-31(27)33-30)22-10-18-9-19(12-22)13-23(32)11-18/h1-8,14-19,22-23,33H,9-13H2. The average Bonchev–Trinajstić information content (AvgIpc) is 3.32. The van der Waals surface area contributed by atoms with Crippen LogP contribution in [0.1, 0.15) is 43.2 Å². The van der Waals surface area contributed by atoms with Crippen LogP contribution in [0.4, 0.5) is 0 Å². The summed E-state index contributed by atoms with van der Waals surface area (Å²) in [6.45, 7) is 0. The average molecular weight is 426 g/mol. The molecule has 160 valence electrons. The first-order chi connectivity index (χ1) is 16.3. The molecule has 1 aromatic heterocycles. The molecule has 4 aromatic carbocycles. The molecule has 0 radical (unpaired) electrons. The van der Waals surface area contributed by atoms with Gasteiger partial charge in [0.15, 0.2) is 0 Å². The summed E-state index contributed by atoms with van der Waals surface area (Å²) in [7, 11) is 0. The first kappa shape index (κ1) is 17.4. The molecule has 10 rings (SSSR count). The number of rotatable bonds is 0. The molecule has 1 heterocycles. The molecule has 5 aromatic rings. The Balaban J connectivity index is 1.38. The zero-order valence-electron chi connectivity index (χ0n) is 18.8. The second-order valence-corrected chi connectivity index (χ2v) is 11.5. The van der Waals surface area contributed by atoms with Gasteiger partial charge in [0.1, 0.15) is 0 Å². The van der Waals surface area contributed by atoms with Crippen LogP contribution in [-0.4, -0.2) is 4.98 Å². The van der Waals surface area contributed by atoms with Crippen molar-refractivity contribution in [1.82, 2.24) is 4.98 Å². The van der Waals surface area contributed by atoms with Crippen molar-refractivity contribution in [3.63, 3.8) is 0 Å². The molecule has 1 spiro atoms. The number of H-pyrrole nitrogens is 1. The van der Waals surface area contributed by atoms with Gasteiger partial charge in [-0.05, 0) is 113 Å². The van der Waals surface area contributed by atoms with Crippen molar-refractivity contribution >= 4 is 32.6 Å². The largest absolute Gasteiger partial charge is 0.354 e. The van der Waals surface area contributed by atoms with Gasteiger partial charge in [0.2, 0.25) is 0 Å². The molecular formula is C32H27N. The van der Waals surface area contributed by atoms with E-state index in [0.717, 1.165) is 23.7 Å². The highest BCUT2D eigenvalue weighted by atomic mass is 14.7. The highest BCUT2D eigenvalue weighted by molar-refractivity contribution is 6.13. The van der Waals surface area contributed by atoms with Crippen molar-refractivity contribution in [2.24, 2.45) is 23.7 Å². The molecule has 5 aliphatic rings. The zero-order valence-corrected chi connectivity index (χ0v) is 18.8. The fourth-order valence-electron chi connectivity index (χ4n) is 9.23. The minimum atomic E-state index is 0.246. The number of hydrogen-bond acceptors (Lipinski definition) is 0. The van der Waals surface area contributed by atoms with Gasteiger partial charge in [0, 0.05) is 27.2 Å². The van der Waals surface area contributed by atoms with Crippen LogP contribution in [0.3, 0.4) is 0 Å². The summed E-state index contributed by atoms with van der Waals surface area (Å²) < 4.78 is 0. The molecular weight excluding hydrogens is 398 g/mol. The van der Waals surface area contributed by atoms with E-state index < -0.39 is 0 Å². The second-order valence-electron chi connectivity index (χ2n) is 11.5. The van der Waals surface area contributed by atoms with Crippen molar-refractivity contribution < 1.29 is 0 Å². The highest BCUT2D eigenvalue weighted by Crippen LogP contribution is 2.69. The van der Waals surface area contributed by atoms with Gasteiger partial charge in [-0.3, -0.25) is 0 Å². The van der Waals surface area contributed by atoms with Crippen LogP contribution in [0.2, 0.25) is 0 Å². The van der Waals surface area contributed by atoms with Crippen LogP contribution in [-0.2, 0) is 5.41 Å². The molecule has 1 heteroatoms. The van der Waals surface area contributed by atoms with E-state index in [1.54, 1.807) is 11.1 Å². The molecule has 5 aliphatic carbocycles. The molecule has 0 atom stereocenters. The van der Waals surface area contributed by atoms with Crippen LogP contribution in [0, 0.1) is 23.7 Å². The van der Waals surface area contributed by atoms with Crippen LogP contribution >= 0.6 is 0 Å². The molecule has 4 saturated carbocycles. The molecule has 0 saturated heterocycles. The number of fused-ring (bicyclic) bond motifs is 7. The lowest BCUT2D eigenvalue weighted by Gasteiger charge is -2.61. The molecule has 33 heavy (non-hydrogen) atoms. The van der Waals surface area contributed by atoms with Gasteiger partial charge >= 0.3 is 0 Å². The van der Waals surface area contributed by atoms with E-state index in [4.69, 9.17) is 0 Å². The number of hydrogen-bond donors (Lipinski definition) is 1. The predicted molar refractivity (Wildman–Crippen MR) is 137 cm³/mol. The molecule has 4 bridgehead atoms. The number of aromatic amines is 1. The van der Waals surface area contributed by atoms with E-state index >= 15 is 0 Å². The van der Waals surface area contributed by atoms with Gasteiger partial charge in [-0.15, -0.1) is 0 Å². The van der Waals surface area contributed by atoms with Gasteiger partial charge in [-0.25, -0.2) is 0 Å². The molecule has 0 unspecified atom stereocenters. The van der Waals surface area contributed by atoms with Gasteiger partial charge in [-0.2, -0.15) is 0 Å². The molecule has 0 aliphatic heterocycles. The normalized spacial score (nSPS) is 31.2. The van der Waals surface area contributed by atoms with Crippen molar-refractivity contribution in [1.29, 1.82) is 0 Å². The Morgan fingerprint density at radius 3 is 2.00 bits per heavy atom. The minimum absolute atomic E-state index is 0.246. The number of benzene rings is 4. The Labute approximate surface area is 193 Å². The molecule has 1 N–H and O–H groups in total. The summed E-state index contributed by atoms with van der Waals surface area (Å²) in [5.41, 5.74) is 9.14. The Hall–Kier alpha value is -3.06. The Morgan fingerprint density at radius 1 is 0.576 bits per heavy atom. The van der Waals surface area contributed by atoms with Crippen molar-refractivity contribution in [3.05, 3.63) is 83.9 Å². The van der Waals surface area contributed by atoms with E-state index in [0.29, 0.717) is 0 Å². The third-order valence-corrected chi connectivity index (χ3v) is 10.1. The molecule has 1 nitrogen and oxygen atoms in total. The van der Waals surface area contributed by atoms with Crippen molar-refractivity contribution in [2.75, 3.05) is 0 Å². The van der Waals surface area contributed by atoms with E-state index in [9.17, 15) is 0 Å². The summed E-state index contributed by atoms with van der Waals surface area (Å²) in [6, 6.07) is 28.0. The third kappa shape index (κ3) is 1.98. The lowest BCUT2D eigenvalue weighted by atomic mass is 9.43. The van der Waals surface area contributed by atoms with Gasteiger partial charge in [-0.1, -0.05) is 48.5 Å². The maximum atomic E-state index is 3.83. The summed E-state index contributed by atoms with van der Waals surface area (Å²) in [6.07, 6.45) is 7.27. The Bertz CT molecular complexity index is 1610. The monoisotopic (exact) mass is 425 g/mol. The van der Waals surface area contributed by atoms with E-state index in [1.807, 2.05) is 0 Å². The van der Waals surface area contributed by atoms with Gasteiger partial charge < -0.3 is 4.98 Å². The first-order valence-corrected chi connectivity index (χ1v) is 12.9. The van der Waals surface area contributed by atoms with Crippen LogP contribution in [0.15, 0.2) is 72.8 Å². The van der Waals surface area contributed by atoms with Crippen molar-refractivity contribution in [2.45, 2.75) is 37.5 Å². The molecule has 4 fully saturated rings. The maximum absolute atomic E-state index is 3.83. The Kier molecular flexibility index (Phi) is 3.01. The smallest absolute Gasteiger partial charge is 0.0471 e. The van der Waals surface area contributed by atoms with Gasteiger partial charge in [0.25, 0.3) is 0 Å².